The molecule has 4 nitrogen and oxygen atoms in total. The van der Waals surface area contributed by atoms with Crippen molar-refractivity contribution >= 4 is 22.4 Å². The lowest BCUT2D eigenvalue weighted by Crippen LogP contribution is -2.30. The number of rotatable bonds is 2. The fourth-order valence-corrected chi connectivity index (χ4v) is 3.10. The Morgan fingerprint density at radius 3 is 2.12 bits per heavy atom. The number of aromatic nitrogens is 1. The van der Waals surface area contributed by atoms with Gasteiger partial charge in [-0.15, -0.1) is 0 Å². The van der Waals surface area contributed by atoms with E-state index in [0.717, 1.165) is 16.6 Å². The van der Waals surface area contributed by atoms with Crippen LogP contribution in [0.4, 0.5) is 5.69 Å². The number of anilines is 1. The number of hydrogen-bond donors (Lipinski definition) is 1. The predicted molar refractivity (Wildman–Crippen MR) is 107 cm³/mol. The number of carbonyl (C=O) groups excluding carboxylic acids is 1. The molecule has 4 heteroatoms. The summed E-state index contributed by atoms with van der Waals surface area (Å²) in [6, 6.07) is 15.3. The van der Waals surface area contributed by atoms with E-state index >= 15 is 0 Å². The third kappa shape index (κ3) is 3.15. The van der Waals surface area contributed by atoms with Crippen molar-refractivity contribution in [3.8, 4) is 0 Å². The molecule has 0 saturated heterocycles. The first-order valence-corrected chi connectivity index (χ1v) is 8.70. The summed E-state index contributed by atoms with van der Waals surface area (Å²) in [7, 11) is 1.72. The third-order valence-corrected chi connectivity index (χ3v) is 4.83. The van der Waals surface area contributed by atoms with Gasteiger partial charge in [0.25, 0.3) is 11.5 Å². The van der Waals surface area contributed by atoms with Crippen LogP contribution in [0.5, 0.6) is 0 Å². The Balaban J connectivity index is 2.00. The molecule has 26 heavy (non-hydrogen) atoms. The summed E-state index contributed by atoms with van der Waals surface area (Å²) in [6.07, 6.45) is 0. The molecular formula is C22H24N2O2. The van der Waals surface area contributed by atoms with Crippen LogP contribution in [0.1, 0.15) is 42.4 Å². The number of nitrogens with one attached hydrogen (secondary N) is 1. The summed E-state index contributed by atoms with van der Waals surface area (Å²) in [4.78, 5) is 29.7. The van der Waals surface area contributed by atoms with E-state index in [1.54, 1.807) is 18.0 Å². The number of fused-ring (bicyclic) bond motifs is 1. The monoisotopic (exact) mass is 348 g/mol. The van der Waals surface area contributed by atoms with E-state index in [9.17, 15) is 9.59 Å². The van der Waals surface area contributed by atoms with Gasteiger partial charge in [-0.1, -0.05) is 51.1 Å². The molecule has 0 aliphatic heterocycles. The highest BCUT2D eigenvalue weighted by Crippen LogP contribution is 2.25. The zero-order valence-electron chi connectivity index (χ0n) is 15.9. The minimum atomic E-state index is -0.244. The summed E-state index contributed by atoms with van der Waals surface area (Å²) in [5.41, 5.74) is 2.92. The van der Waals surface area contributed by atoms with E-state index < -0.39 is 0 Å². The smallest absolute Gasteiger partial charge is 0.274 e. The van der Waals surface area contributed by atoms with E-state index in [1.165, 1.54) is 5.56 Å². The maximum Gasteiger partial charge on any atom is 0.274 e. The molecule has 1 amide bonds. The molecule has 134 valence electrons. The largest absolute Gasteiger partial charge is 0.317 e. The number of amides is 1. The number of carbonyl (C=O) groups is 1. The Hall–Kier alpha value is -2.88. The lowest BCUT2D eigenvalue weighted by atomic mass is 9.87. The summed E-state index contributed by atoms with van der Waals surface area (Å²) < 4.78 is 0. The second-order valence-electron chi connectivity index (χ2n) is 7.66. The minimum Gasteiger partial charge on any atom is -0.317 e. The topological polar surface area (TPSA) is 53.2 Å². The van der Waals surface area contributed by atoms with E-state index in [1.807, 2.05) is 49.4 Å². The van der Waals surface area contributed by atoms with Crippen molar-refractivity contribution in [1.29, 1.82) is 0 Å². The highest BCUT2D eigenvalue weighted by molar-refractivity contribution is 6.07. The molecule has 0 bridgehead atoms. The van der Waals surface area contributed by atoms with Crippen molar-refractivity contribution in [2.75, 3.05) is 11.9 Å². The Kier molecular flexibility index (Phi) is 4.45. The molecule has 3 rings (SSSR count). The summed E-state index contributed by atoms with van der Waals surface area (Å²) in [5.74, 6) is -0.228. The van der Waals surface area contributed by atoms with E-state index in [4.69, 9.17) is 0 Å². The number of H-pyrrole nitrogens is 1. The Labute approximate surface area is 153 Å². The first-order valence-electron chi connectivity index (χ1n) is 8.70. The van der Waals surface area contributed by atoms with E-state index in [0.29, 0.717) is 11.1 Å². The van der Waals surface area contributed by atoms with Gasteiger partial charge in [0.05, 0.1) is 0 Å². The van der Waals surface area contributed by atoms with Crippen molar-refractivity contribution in [3.05, 3.63) is 75.7 Å². The second kappa shape index (κ2) is 6.45. The molecule has 2 aromatic carbocycles. The molecule has 0 saturated carbocycles. The molecule has 1 aromatic heterocycles. The average molecular weight is 348 g/mol. The van der Waals surface area contributed by atoms with Crippen LogP contribution in [0, 0.1) is 6.92 Å². The fraction of sp³-hybridized carbons (Fsp3) is 0.273. The summed E-state index contributed by atoms with van der Waals surface area (Å²) in [5, 5.41) is 1.40. The van der Waals surface area contributed by atoms with E-state index in [2.05, 4.69) is 25.8 Å². The first-order chi connectivity index (χ1) is 12.2. The van der Waals surface area contributed by atoms with Crippen molar-refractivity contribution in [2.24, 2.45) is 0 Å². The van der Waals surface area contributed by atoms with Crippen molar-refractivity contribution in [3.63, 3.8) is 0 Å². The zero-order chi connectivity index (χ0) is 19.1. The molecular weight excluding hydrogens is 324 g/mol. The van der Waals surface area contributed by atoms with Crippen molar-refractivity contribution in [2.45, 2.75) is 33.1 Å². The predicted octanol–water partition coefficient (Wildman–Crippen LogP) is 4.41. The van der Waals surface area contributed by atoms with Gasteiger partial charge in [0.1, 0.15) is 5.69 Å². The summed E-state index contributed by atoms with van der Waals surface area (Å²) >= 11 is 0. The number of benzene rings is 2. The molecule has 0 aliphatic rings. The van der Waals surface area contributed by atoms with Crippen LogP contribution in [0.3, 0.4) is 0 Å². The van der Waals surface area contributed by atoms with Gasteiger partial charge < -0.3 is 9.88 Å². The SMILES string of the molecule is Cc1c(C(=O)N(C)c2ccc(C(C)(C)C)cc2)[nH]c(=O)c2ccccc12. The van der Waals surface area contributed by atoms with Gasteiger partial charge in [-0.05, 0) is 47.1 Å². The lowest BCUT2D eigenvalue weighted by Gasteiger charge is -2.22. The Morgan fingerprint density at radius 2 is 1.54 bits per heavy atom. The molecule has 0 unspecified atom stereocenters. The normalized spacial score (nSPS) is 11.6. The number of nitrogens with zero attached hydrogens (tertiary/aromatic N) is 1. The first kappa shape index (κ1) is 17.9. The van der Waals surface area contributed by atoms with Gasteiger partial charge in [-0.3, -0.25) is 9.59 Å². The van der Waals surface area contributed by atoms with Crippen molar-refractivity contribution in [1.82, 2.24) is 4.98 Å². The molecule has 1 heterocycles. The Morgan fingerprint density at radius 1 is 0.962 bits per heavy atom. The molecule has 0 aliphatic carbocycles. The minimum absolute atomic E-state index is 0.0568. The maximum absolute atomic E-state index is 13.0. The van der Waals surface area contributed by atoms with Crippen LogP contribution >= 0.6 is 0 Å². The molecule has 0 atom stereocenters. The van der Waals surface area contributed by atoms with Crippen LogP contribution in [0.15, 0.2) is 53.3 Å². The van der Waals surface area contributed by atoms with Crippen LogP contribution in [0.2, 0.25) is 0 Å². The Bertz CT molecular complexity index is 1020. The van der Waals surface area contributed by atoms with Gasteiger partial charge in [0.15, 0.2) is 0 Å². The van der Waals surface area contributed by atoms with Gasteiger partial charge in [0, 0.05) is 18.1 Å². The summed E-state index contributed by atoms with van der Waals surface area (Å²) in [6.45, 7) is 8.32. The number of aromatic amines is 1. The molecule has 0 fully saturated rings. The maximum atomic E-state index is 13.0. The second-order valence-corrected chi connectivity index (χ2v) is 7.66. The molecule has 3 aromatic rings. The zero-order valence-corrected chi connectivity index (χ0v) is 15.9. The van der Waals surface area contributed by atoms with Crippen LogP contribution in [-0.2, 0) is 5.41 Å². The number of pyridine rings is 1. The molecule has 1 N–H and O–H groups in total. The third-order valence-electron chi connectivity index (χ3n) is 4.83. The molecule has 0 radical (unpaired) electrons. The average Bonchev–Trinajstić information content (AvgIpc) is 2.63. The van der Waals surface area contributed by atoms with Gasteiger partial charge >= 0.3 is 0 Å². The van der Waals surface area contributed by atoms with Crippen LogP contribution < -0.4 is 10.5 Å². The van der Waals surface area contributed by atoms with Gasteiger partial charge in [-0.2, -0.15) is 0 Å². The van der Waals surface area contributed by atoms with Crippen LogP contribution in [0.25, 0.3) is 10.8 Å². The fourth-order valence-electron chi connectivity index (χ4n) is 3.10. The molecule has 0 spiro atoms. The number of hydrogen-bond acceptors (Lipinski definition) is 2. The highest BCUT2D eigenvalue weighted by atomic mass is 16.2. The van der Waals surface area contributed by atoms with Crippen LogP contribution in [-0.4, -0.2) is 17.9 Å². The van der Waals surface area contributed by atoms with Crippen molar-refractivity contribution < 1.29 is 4.79 Å². The quantitative estimate of drug-likeness (QED) is 0.746. The van der Waals surface area contributed by atoms with Gasteiger partial charge in [0.2, 0.25) is 0 Å². The number of aryl methyl sites for hydroxylation is 1. The highest BCUT2D eigenvalue weighted by Gasteiger charge is 2.20. The standard InChI is InChI=1S/C22H24N2O2/c1-14-17-8-6-7-9-18(17)20(25)23-19(14)21(26)24(5)16-12-10-15(11-13-16)22(2,3)4/h6-13H,1-5H3,(H,23,25). The van der Waals surface area contributed by atoms with E-state index in [-0.39, 0.29) is 16.9 Å². The lowest BCUT2D eigenvalue weighted by molar-refractivity contribution is 0.0987. The van der Waals surface area contributed by atoms with Gasteiger partial charge in [-0.25, -0.2) is 0 Å².